The monoisotopic (exact) mass is 502 g/mol. The number of hydrogen-bond acceptors (Lipinski definition) is 2. The number of alkyl halides is 5. The van der Waals surface area contributed by atoms with E-state index in [1.165, 1.54) is 12.1 Å². The number of carbonyl (C=O) groups excluding carboxylic acids is 1. The molecule has 0 aliphatic rings. The number of nitrogens with zero attached hydrogens (tertiary/aromatic N) is 1. The van der Waals surface area contributed by atoms with E-state index in [9.17, 15) is 26.7 Å². The number of nitrogens with one attached hydrogen (secondary N) is 1. The lowest BCUT2D eigenvalue weighted by Crippen LogP contribution is -2.19. The summed E-state index contributed by atoms with van der Waals surface area (Å²) in [5.74, 6) is -2.54. The van der Waals surface area contributed by atoms with Crippen LogP contribution in [0.5, 0.6) is 5.75 Å². The van der Waals surface area contributed by atoms with Gasteiger partial charge in [0.1, 0.15) is 5.75 Å². The van der Waals surface area contributed by atoms with E-state index in [4.69, 9.17) is 16.3 Å². The first kappa shape index (κ1) is 27.3. The highest BCUT2D eigenvalue weighted by atomic mass is 35.5. The van der Waals surface area contributed by atoms with E-state index in [1.807, 2.05) is 0 Å². The predicted octanol–water partition coefficient (Wildman–Crippen LogP) is 7.45. The maximum atomic E-state index is 13.1. The van der Waals surface area contributed by atoms with Crippen LogP contribution in [0.1, 0.15) is 43.4 Å². The SMILES string of the molecule is C=C(NC(=O)/N=C(\C)c1ccc(OCCC(F)(F)F)cc1)c1cc(CCC(C)(F)F)ccc1Cl. The third-order valence-corrected chi connectivity index (χ3v) is 4.99. The number of halogens is 6. The Morgan fingerprint density at radius 2 is 1.74 bits per heavy atom. The number of carbonyl (C=O) groups is 1. The maximum Gasteiger partial charge on any atom is 0.392 e. The average molecular weight is 503 g/mol. The van der Waals surface area contributed by atoms with Crippen molar-refractivity contribution in [3.05, 3.63) is 70.8 Å². The fourth-order valence-electron chi connectivity index (χ4n) is 2.84. The molecule has 2 rings (SSSR count). The quantitative estimate of drug-likeness (QED) is 0.286. The number of urea groups is 1. The van der Waals surface area contributed by atoms with Crippen LogP contribution in [0.15, 0.2) is 54.0 Å². The highest BCUT2D eigenvalue weighted by molar-refractivity contribution is 6.32. The molecule has 0 spiro atoms. The Balaban J connectivity index is 2.00. The minimum absolute atomic E-state index is 0.127. The first-order valence-electron chi connectivity index (χ1n) is 10.3. The van der Waals surface area contributed by atoms with Gasteiger partial charge in [-0.05, 0) is 67.8 Å². The van der Waals surface area contributed by atoms with E-state index in [-0.39, 0.29) is 24.3 Å². The van der Waals surface area contributed by atoms with Crippen molar-refractivity contribution < 1.29 is 31.5 Å². The van der Waals surface area contributed by atoms with E-state index >= 15 is 0 Å². The van der Waals surface area contributed by atoms with Gasteiger partial charge in [-0.1, -0.05) is 24.2 Å². The van der Waals surface area contributed by atoms with Gasteiger partial charge >= 0.3 is 12.2 Å². The Bertz CT molecular complexity index is 1040. The summed E-state index contributed by atoms with van der Waals surface area (Å²) in [6.07, 6.45) is -5.56. The molecule has 0 saturated heterocycles. The van der Waals surface area contributed by atoms with Crippen LogP contribution < -0.4 is 10.1 Å². The third kappa shape index (κ3) is 9.51. The highest BCUT2D eigenvalue weighted by Crippen LogP contribution is 2.26. The molecule has 0 unspecified atom stereocenters. The zero-order valence-electron chi connectivity index (χ0n) is 18.6. The molecular formula is C24H24ClF5N2O2. The summed E-state index contributed by atoms with van der Waals surface area (Å²) in [5, 5.41) is 2.80. The lowest BCUT2D eigenvalue weighted by molar-refractivity contribution is -0.139. The summed E-state index contributed by atoms with van der Waals surface area (Å²) in [6, 6.07) is 10.1. The molecule has 0 heterocycles. The zero-order valence-corrected chi connectivity index (χ0v) is 19.4. The van der Waals surface area contributed by atoms with Gasteiger partial charge in [0, 0.05) is 22.7 Å². The van der Waals surface area contributed by atoms with Crippen LogP contribution in [0.4, 0.5) is 26.7 Å². The van der Waals surface area contributed by atoms with E-state index in [2.05, 4.69) is 16.9 Å². The van der Waals surface area contributed by atoms with Gasteiger partial charge in [-0.3, -0.25) is 0 Å². The Morgan fingerprint density at radius 3 is 2.32 bits per heavy atom. The molecule has 2 aromatic rings. The van der Waals surface area contributed by atoms with E-state index in [0.29, 0.717) is 27.4 Å². The molecule has 0 fully saturated rings. The van der Waals surface area contributed by atoms with Crippen molar-refractivity contribution in [3.8, 4) is 5.75 Å². The van der Waals surface area contributed by atoms with Gasteiger partial charge in [0.25, 0.3) is 0 Å². The summed E-state index contributed by atoms with van der Waals surface area (Å²) in [5.41, 5.74) is 2.07. The predicted molar refractivity (Wildman–Crippen MR) is 123 cm³/mol. The fourth-order valence-corrected chi connectivity index (χ4v) is 3.07. The lowest BCUT2D eigenvalue weighted by Gasteiger charge is -2.13. The van der Waals surface area contributed by atoms with E-state index < -0.39 is 31.2 Å². The van der Waals surface area contributed by atoms with Crippen molar-refractivity contribution >= 4 is 29.0 Å². The van der Waals surface area contributed by atoms with E-state index in [1.54, 1.807) is 37.3 Å². The molecule has 0 radical (unpaired) electrons. The fraction of sp³-hybridized carbons (Fsp3) is 0.333. The van der Waals surface area contributed by atoms with Gasteiger partial charge in [0.15, 0.2) is 0 Å². The Kier molecular flexibility index (Phi) is 9.21. The number of rotatable bonds is 9. The first-order chi connectivity index (χ1) is 15.7. The van der Waals surface area contributed by atoms with Crippen molar-refractivity contribution in [3.63, 3.8) is 0 Å². The Labute approximate surface area is 199 Å². The largest absolute Gasteiger partial charge is 0.493 e. The second-order valence-corrected chi connectivity index (χ2v) is 8.14. The minimum atomic E-state index is -4.30. The number of aryl methyl sites for hydroxylation is 1. The molecule has 0 aliphatic carbocycles. The van der Waals surface area contributed by atoms with Crippen molar-refractivity contribution in [2.75, 3.05) is 6.61 Å². The highest BCUT2D eigenvalue weighted by Gasteiger charge is 2.26. The van der Waals surface area contributed by atoms with Crippen LogP contribution in [0.3, 0.4) is 0 Å². The molecule has 0 aliphatic heterocycles. The Morgan fingerprint density at radius 1 is 1.09 bits per heavy atom. The zero-order chi connectivity index (χ0) is 25.5. The molecule has 10 heteroatoms. The Hall–Kier alpha value is -2.94. The number of ether oxygens (including phenoxy) is 1. The molecule has 0 aromatic heterocycles. The molecule has 4 nitrogen and oxygen atoms in total. The van der Waals surface area contributed by atoms with Gasteiger partial charge < -0.3 is 10.1 Å². The standard InChI is InChI=1S/C24H24ClF5N2O2/c1-15(18-5-7-19(8-6-18)34-13-12-24(28,29)30)31-22(33)32-16(2)20-14-17(4-9-21(20)25)10-11-23(3,26)27/h4-9,14H,2,10-13H2,1,3H3,(H,32,33)/b31-15+. The van der Waals surface area contributed by atoms with Gasteiger partial charge in [0.05, 0.1) is 18.7 Å². The van der Waals surface area contributed by atoms with Gasteiger partial charge in [0.2, 0.25) is 5.92 Å². The molecule has 0 atom stereocenters. The summed E-state index contributed by atoms with van der Waals surface area (Å²) in [4.78, 5) is 16.3. The summed E-state index contributed by atoms with van der Waals surface area (Å²) >= 11 is 6.17. The van der Waals surface area contributed by atoms with Crippen molar-refractivity contribution in [1.82, 2.24) is 5.32 Å². The van der Waals surface area contributed by atoms with Crippen LogP contribution in [0.25, 0.3) is 5.70 Å². The minimum Gasteiger partial charge on any atom is -0.493 e. The van der Waals surface area contributed by atoms with Gasteiger partial charge in [-0.25, -0.2) is 13.6 Å². The van der Waals surface area contributed by atoms with Gasteiger partial charge in [-0.15, -0.1) is 0 Å². The lowest BCUT2D eigenvalue weighted by atomic mass is 10.0. The number of benzene rings is 2. The van der Waals surface area contributed by atoms with Crippen LogP contribution in [0, 0.1) is 0 Å². The van der Waals surface area contributed by atoms with Crippen LogP contribution in [0.2, 0.25) is 5.02 Å². The topological polar surface area (TPSA) is 50.7 Å². The molecule has 184 valence electrons. The summed E-state index contributed by atoms with van der Waals surface area (Å²) in [7, 11) is 0. The van der Waals surface area contributed by atoms with Crippen LogP contribution in [-0.2, 0) is 6.42 Å². The maximum absolute atomic E-state index is 13.1. The molecule has 0 bridgehead atoms. The average Bonchev–Trinajstić information content (AvgIpc) is 2.72. The van der Waals surface area contributed by atoms with Crippen LogP contribution in [-0.4, -0.2) is 30.4 Å². The molecular weight excluding hydrogens is 479 g/mol. The van der Waals surface area contributed by atoms with Crippen molar-refractivity contribution in [2.45, 2.75) is 45.2 Å². The number of hydrogen-bond donors (Lipinski definition) is 1. The summed E-state index contributed by atoms with van der Waals surface area (Å²) in [6.45, 7) is 5.72. The normalized spacial score (nSPS) is 12.4. The molecule has 1 N–H and O–H groups in total. The smallest absolute Gasteiger partial charge is 0.392 e. The van der Waals surface area contributed by atoms with Crippen LogP contribution >= 0.6 is 11.6 Å². The second-order valence-electron chi connectivity index (χ2n) is 7.73. The molecule has 2 aromatic carbocycles. The first-order valence-corrected chi connectivity index (χ1v) is 10.6. The molecule has 2 amide bonds. The second kappa shape index (κ2) is 11.5. The summed E-state index contributed by atoms with van der Waals surface area (Å²) < 4.78 is 67.9. The number of aliphatic imine (C=N–C) groups is 1. The van der Waals surface area contributed by atoms with Crippen molar-refractivity contribution in [2.24, 2.45) is 4.99 Å². The number of amides is 2. The third-order valence-electron chi connectivity index (χ3n) is 4.66. The molecule has 0 saturated carbocycles. The molecule has 34 heavy (non-hydrogen) atoms. The van der Waals surface area contributed by atoms with Crippen molar-refractivity contribution in [1.29, 1.82) is 0 Å². The van der Waals surface area contributed by atoms with Gasteiger partial charge in [-0.2, -0.15) is 18.2 Å². The van der Waals surface area contributed by atoms with E-state index in [0.717, 1.165) is 6.92 Å².